The molecule has 202 valence electrons. The van der Waals surface area contributed by atoms with Gasteiger partial charge in [-0.15, -0.1) is 0 Å². The number of hydrogen-bond acceptors (Lipinski definition) is 6. The van der Waals surface area contributed by atoms with Crippen LogP contribution in [-0.2, 0) is 11.3 Å². The lowest BCUT2D eigenvalue weighted by Crippen LogP contribution is -2.49. The lowest BCUT2D eigenvalue weighted by molar-refractivity contribution is -0.133. The number of rotatable bonds is 10. The van der Waals surface area contributed by atoms with Crippen LogP contribution in [0.15, 0.2) is 59.1 Å². The summed E-state index contributed by atoms with van der Waals surface area (Å²) in [6, 6.07) is 17.7. The van der Waals surface area contributed by atoms with Crippen LogP contribution in [0.2, 0.25) is 0 Å². The van der Waals surface area contributed by atoms with Gasteiger partial charge >= 0.3 is 0 Å². The van der Waals surface area contributed by atoms with E-state index in [1.54, 1.807) is 18.1 Å². The zero-order valence-electron chi connectivity index (χ0n) is 22.9. The minimum atomic E-state index is -0.229. The monoisotopic (exact) mass is 518 g/mol. The van der Waals surface area contributed by atoms with Crippen LogP contribution in [0.1, 0.15) is 41.9 Å². The molecule has 2 amide bonds. The molecule has 1 aliphatic rings. The van der Waals surface area contributed by atoms with E-state index < -0.39 is 0 Å². The first-order chi connectivity index (χ1) is 18.3. The van der Waals surface area contributed by atoms with Crippen molar-refractivity contribution in [3.63, 3.8) is 0 Å². The highest BCUT2D eigenvalue weighted by Crippen LogP contribution is 2.25. The van der Waals surface area contributed by atoms with Crippen molar-refractivity contribution < 1.29 is 18.8 Å². The molecule has 0 saturated carbocycles. The van der Waals surface area contributed by atoms with E-state index in [0.717, 1.165) is 25.2 Å². The molecule has 4 rings (SSSR count). The normalized spacial score (nSPS) is 14.1. The number of nitrogens with zero attached hydrogens (tertiary/aromatic N) is 4. The van der Waals surface area contributed by atoms with E-state index in [1.807, 2.05) is 29.2 Å². The van der Waals surface area contributed by atoms with Gasteiger partial charge in [-0.25, -0.2) is 0 Å². The van der Waals surface area contributed by atoms with Crippen molar-refractivity contribution in [2.24, 2.45) is 5.92 Å². The Morgan fingerprint density at radius 1 is 1.05 bits per heavy atom. The summed E-state index contributed by atoms with van der Waals surface area (Å²) in [6.45, 7) is 11.1. The smallest absolute Gasteiger partial charge is 0.276 e. The molecular formula is C30H38N4O4. The summed E-state index contributed by atoms with van der Waals surface area (Å²) in [5, 5.41) is 4.03. The summed E-state index contributed by atoms with van der Waals surface area (Å²) in [7, 11) is 1.60. The maximum atomic E-state index is 13.3. The number of methoxy groups -OCH3 is 1. The van der Waals surface area contributed by atoms with Crippen molar-refractivity contribution in [3.05, 3.63) is 71.4 Å². The topological polar surface area (TPSA) is 79.1 Å². The highest BCUT2D eigenvalue weighted by molar-refractivity contribution is 5.93. The van der Waals surface area contributed by atoms with Crippen LogP contribution in [0.5, 0.6) is 5.75 Å². The van der Waals surface area contributed by atoms with Crippen molar-refractivity contribution in [2.45, 2.75) is 33.7 Å². The maximum Gasteiger partial charge on any atom is 0.276 e. The van der Waals surface area contributed by atoms with E-state index in [2.05, 4.69) is 55.1 Å². The fourth-order valence-corrected chi connectivity index (χ4v) is 4.66. The molecule has 0 N–H and O–H groups in total. The Bertz CT molecular complexity index is 1210. The molecule has 38 heavy (non-hydrogen) atoms. The molecule has 2 aromatic carbocycles. The molecule has 8 nitrogen and oxygen atoms in total. The molecular weight excluding hydrogens is 480 g/mol. The van der Waals surface area contributed by atoms with E-state index in [1.165, 1.54) is 11.1 Å². The Labute approximate surface area is 225 Å². The van der Waals surface area contributed by atoms with Gasteiger partial charge in [0.05, 0.1) is 7.11 Å². The largest absolute Gasteiger partial charge is 0.497 e. The number of benzene rings is 2. The SMILES string of the molecule is COc1cccc(-c2cc(C(=O)N(CCC(=O)N3CCN(Cc4ccc(C)cc4)CC3)CC(C)C)no2)c1. The second kappa shape index (κ2) is 12.7. The maximum absolute atomic E-state index is 13.3. The molecule has 0 radical (unpaired) electrons. The zero-order chi connectivity index (χ0) is 27.1. The Morgan fingerprint density at radius 2 is 1.79 bits per heavy atom. The molecule has 1 aliphatic heterocycles. The number of carbonyl (C=O) groups is 2. The van der Waals surface area contributed by atoms with Crippen molar-refractivity contribution in [2.75, 3.05) is 46.4 Å². The van der Waals surface area contributed by atoms with E-state index >= 15 is 0 Å². The minimum Gasteiger partial charge on any atom is -0.497 e. The second-order valence-electron chi connectivity index (χ2n) is 10.3. The van der Waals surface area contributed by atoms with Crippen molar-refractivity contribution in [1.82, 2.24) is 19.9 Å². The first kappa shape index (κ1) is 27.4. The quantitative estimate of drug-likeness (QED) is 0.394. The fourth-order valence-electron chi connectivity index (χ4n) is 4.66. The lowest BCUT2D eigenvalue weighted by atomic mass is 10.1. The van der Waals surface area contributed by atoms with Crippen LogP contribution in [0.25, 0.3) is 11.3 Å². The third-order valence-electron chi connectivity index (χ3n) is 6.80. The first-order valence-corrected chi connectivity index (χ1v) is 13.3. The van der Waals surface area contributed by atoms with Gasteiger partial charge in [0.25, 0.3) is 5.91 Å². The van der Waals surface area contributed by atoms with E-state index in [4.69, 9.17) is 9.26 Å². The van der Waals surface area contributed by atoms with Crippen LogP contribution in [0, 0.1) is 12.8 Å². The van der Waals surface area contributed by atoms with Gasteiger partial charge in [-0.2, -0.15) is 0 Å². The number of ether oxygens (including phenoxy) is 1. The van der Waals surface area contributed by atoms with Crippen molar-refractivity contribution >= 4 is 11.8 Å². The van der Waals surface area contributed by atoms with Crippen LogP contribution in [0.3, 0.4) is 0 Å². The molecule has 0 unspecified atom stereocenters. The third kappa shape index (κ3) is 7.22. The highest BCUT2D eigenvalue weighted by Gasteiger charge is 2.25. The Balaban J connectivity index is 1.31. The average Bonchev–Trinajstić information content (AvgIpc) is 3.42. The molecule has 1 saturated heterocycles. The summed E-state index contributed by atoms with van der Waals surface area (Å²) < 4.78 is 10.8. The first-order valence-electron chi connectivity index (χ1n) is 13.3. The highest BCUT2D eigenvalue weighted by atomic mass is 16.5. The number of aryl methyl sites for hydroxylation is 1. The van der Waals surface area contributed by atoms with Crippen LogP contribution < -0.4 is 4.74 Å². The molecule has 2 heterocycles. The van der Waals surface area contributed by atoms with Gasteiger partial charge in [-0.3, -0.25) is 14.5 Å². The van der Waals surface area contributed by atoms with Gasteiger partial charge in [-0.05, 0) is 30.5 Å². The van der Waals surface area contributed by atoms with Gasteiger partial charge in [0.1, 0.15) is 5.75 Å². The molecule has 0 spiro atoms. The summed E-state index contributed by atoms with van der Waals surface area (Å²) in [6.07, 6.45) is 0.289. The molecule has 1 fully saturated rings. The fraction of sp³-hybridized carbons (Fsp3) is 0.433. The van der Waals surface area contributed by atoms with Crippen molar-refractivity contribution in [3.8, 4) is 17.1 Å². The average molecular weight is 519 g/mol. The van der Waals surface area contributed by atoms with Crippen molar-refractivity contribution in [1.29, 1.82) is 0 Å². The number of hydrogen-bond donors (Lipinski definition) is 0. The molecule has 8 heteroatoms. The predicted molar refractivity (Wildman–Crippen MR) is 147 cm³/mol. The summed E-state index contributed by atoms with van der Waals surface area (Å²) in [5.41, 5.74) is 3.57. The number of aromatic nitrogens is 1. The van der Waals surface area contributed by atoms with Crippen LogP contribution >= 0.6 is 0 Å². The summed E-state index contributed by atoms with van der Waals surface area (Å²) in [4.78, 5) is 32.4. The lowest BCUT2D eigenvalue weighted by Gasteiger charge is -2.35. The molecule has 0 aliphatic carbocycles. The zero-order valence-corrected chi connectivity index (χ0v) is 22.9. The minimum absolute atomic E-state index is 0.0822. The van der Waals surface area contributed by atoms with Crippen LogP contribution in [0.4, 0.5) is 0 Å². The molecule has 0 atom stereocenters. The number of amides is 2. The Morgan fingerprint density at radius 3 is 2.47 bits per heavy atom. The molecule has 1 aromatic heterocycles. The van der Waals surface area contributed by atoms with E-state index in [9.17, 15) is 9.59 Å². The second-order valence-corrected chi connectivity index (χ2v) is 10.3. The summed E-state index contributed by atoms with van der Waals surface area (Å²) >= 11 is 0. The number of piperazine rings is 1. The van der Waals surface area contributed by atoms with E-state index in [0.29, 0.717) is 37.7 Å². The molecule has 3 aromatic rings. The van der Waals surface area contributed by atoms with Gasteiger partial charge in [-0.1, -0.05) is 61.0 Å². The number of carbonyl (C=O) groups excluding carboxylic acids is 2. The van der Waals surface area contributed by atoms with Gasteiger partial charge in [0, 0.05) is 63.9 Å². The standard InChI is InChI=1S/C30H38N4O4/c1-22(2)20-34(30(36)27-19-28(38-31-27)25-6-5-7-26(18-25)37-4)13-12-29(35)33-16-14-32(15-17-33)21-24-10-8-23(3)9-11-24/h5-11,18-19,22H,12-17,20-21H2,1-4H3. The summed E-state index contributed by atoms with van der Waals surface area (Å²) in [5.74, 6) is 1.30. The Kier molecular flexibility index (Phi) is 9.18. The van der Waals surface area contributed by atoms with Gasteiger partial charge in [0.2, 0.25) is 5.91 Å². The van der Waals surface area contributed by atoms with E-state index in [-0.39, 0.29) is 29.8 Å². The third-order valence-corrected chi connectivity index (χ3v) is 6.80. The van der Waals surface area contributed by atoms with Gasteiger partial charge < -0.3 is 19.1 Å². The van der Waals surface area contributed by atoms with Gasteiger partial charge in [0.15, 0.2) is 11.5 Å². The Hall–Kier alpha value is -3.65. The predicted octanol–water partition coefficient (Wildman–Crippen LogP) is 4.49. The van der Waals surface area contributed by atoms with Crippen LogP contribution in [-0.4, -0.2) is 78.0 Å². The molecule has 0 bridgehead atoms.